The van der Waals surface area contributed by atoms with Crippen molar-refractivity contribution in [3.8, 4) is 0 Å². The average molecular weight is 314 g/mol. The third kappa shape index (κ3) is 2.58. The SMILES string of the molecule is Fc1cc(C(Cl)c2sccc2Cl)c(F)cc1Cl. The Morgan fingerprint density at radius 1 is 1.06 bits per heavy atom. The molecule has 0 saturated carbocycles. The molecule has 0 spiro atoms. The van der Waals surface area contributed by atoms with Crippen LogP contribution in [0.2, 0.25) is 10.0 Å². The maximum Gasteiger partial charge on any atom is 0.142 e. The van der Waals surface area contributed by atoms with Gasteiger partial charge >= 0.3 is 0 Å². The van der Waals surface area contributed by atoms with E-state index in [1.165, 1.54) is 11.3 Å². The first-order chi connectivity index (χ1) is 8.00. The summed E-state index contributed by atoms with van der Waals surface area (Å²) < 4.78 is 26.9. The van der Waals surface area contributed by atoms with E-state index in [9.17, 15) is 8.78 Å². The zero-order valence-corrected chi connectivity index (χ0v) is 11.3. The Morgan fingerprint density at radius 2 is 1.76 bits per heavy atom. The standard InChI is InChI=1S/C11H5Cl3F2S/c12-6-1-2-17-11(6)10(14)5-3-9(16)7(13)4-8(5)15/h1-4,10H. The van der Waals surface area contributed by atoms with Gasteiger partial charge in [-0.05, 0) is 23.6 Å². The summed E-state index contributed by atoms with van der Waals surface area (Å²) in [6, 6.07) is 3.55. The lowest BCUT2D eigenvalue weighted by Crippen LogP contribution is -1.97. The zero-order valence-electron chi connectivity index (χ0n) is 8.18. The third-order valence-electron chi connectivity index (χ3n) is 2.19. The molecule has 6 heteroatoms. The molecule has 0 bridgehead atoms. The quantitative estimate of drug-likeness (QED) is 0.495. The van der Waals surface area contributed by atoms with Crippen LogP contribution in [0.1, 0.15) is 15.8 Å². The van der Waals surface area contributed by atoms with E-state index in [2.05, 4.69) is 0 Å². The van der Waals surface area contributed by atoms with Gasteiger partial charge in [-0.15, -0.1) is 22.9 Å². The highest BCUT2D eigenvalue weighted by molar-refractivity contribution is 7.11. The minimum Gasteiger partial charge on any atom is -0.207 e. The summed E-state index contributed by atoms with van der Waals surface area (Å²) in [5, 5.41) is 1.07. The van der Waals surface area contributed by atoms with Crippen LogP contribution in [0, 0.1) is 11.6 Å². The van der Waals surface area contributed by atoms with E-state index in [1.807, 2.05) is 0 Å². The molecule has 0 fully saturated rings. The van der Waals surface area contributed by atoms with Crippen molar-refractivity contribution in [1.82, 2.24) is 0 Å². The molecular weight excluding hydrogens is 309 g/mol. The minimum atomic E-state index is -0.825. The molecule has 0 aliphatic heterocycles. The fraction of sp³-hybridized carbons (Fsp3) is 0.0909. The van der Waals surface area contributed by atoms with E-state index in [0.29, 0.717) is 9.90 Å². The molecule has 1 atom stereocenters. The number of alkyl halides is 1. The highest BCUT2D eigenvalue weighted by Crippen LogP contribution is 2.39. The molecule has 2 aromatic rings. The first kappa shape index (κ1) is 13.1. The summed E-state index contributed by atoms with van der Waals surface area (Å²) >= 11 is 18.7. The molecule has 0 amide bonds. The average Bonchev–Trinajstić information content (AvgIpc) is 2.69. The van der Waals surface area contributed by atoms with Crippen molar-refractivity contribution in [1.29, 1.82) is 0 Å². The molecular formula is C11H5Cl3F2S. The van der Waals surface area contributed by atoms with Gasteiger partial charge in [0.25, 0.3) is 0 Å². The molecule has 0 radical (unpaired) electrons. The largest absolute Gasteiger partial charge is 0.207 e. The third-order valence-corrected chi connectivity index (χ3v) is 4.48. The van der Waals surface area contributed by atoms with Gasteiger partial charge in [0.2, 0.25) is 0 Å². The predicted molar refractivity (Wildman–Crippen MR) is 68.4 cm³/mol. The highest BCUT2D eigenvalue weighted by atomic mass is 35.5. The molecule has 1 aromatic heterocycles. The van der Waals surface area contributed by atoms with Crippen molar-refractivity contribution >= 4 is 46.1 Å². The summed E-state index contributed by atoms with van der Waals surface area (Å²) in [5.74, 6) is -1.36. The fourth-order valence-corrected chi connectivity index (χ4v) is 3.16. The molecule has 0 aliphatic carbocycles. The van der Waals surface area contributed by atoms with Gasteiger partial charge in [-0.2, -0.15) is 0 Å². The summed E-state index contributed by atoms with van der Waals surface area (Å²) in [4.78, 5) is 0.578. The van der Waals surface area contributed by atoms with Crippen molar-refractivity contribution in [3.63, 3.8) is 0 Å². The summed E-state index contributed by atoms with van der Waals surface area (Å²) in [5.41, 5.74) is 0.0258. The summed E-state index contributed by atoms with van der Waals surface area (Å²) in [6.45, 7) is 0. The normalized spacial score (nSPS) is 12.8. The number of hydrogen-bond acceptors (Lipinski definition) is 1. The van der Waals surface area contributed by atoms with Gasteiger partial charge in [-0.1, -0.05) is 23.2 Å². The topological polar surface area (TPSA) is 0 Å². The van der Waals surface area contributed by atoms with Crippen molar-refractivity contribution in [2.45, 2.75) is 5.38 Å². The maximum atomic E-state index is 13.6. The van der Waals surface area contributed by atoms with Gasteiger partial charge in [-0.3, -0.25) is 0 Å². The van der Waals surface area contributed by atoms with Crippen LogP contribution in [-0.2, 0) is 0 Å². The van der Waals surface area contributed by atoms with Crippen LogP contribution in [0.15, 0.2) is 23.6 Å². The van der Waals surface area contributed by atoms with Crippen LogP contribution < -0.4 is 0 Å². The molecule has 1 aromatic carbocycles. The number of thiophene rings is 1. The second-order valence-electron chi connectivity index (χ2n) is 3.28. The van der Waals surface area contributed by atoms with Crippen LogP contribution >= 0.6 is 46.1 Å². The Labute approximate surface area is 116 Å². The lowest BCUT2D eigenvalue weighted by molar-refractivity contribution is 0.588. The number of rotatable bonds is 2. The van der Waals surface area contributed by atoms with E-state index < -0.39 is 17.0 Å². The molecule has 0 N–H and O–H groups in total. The van der Waals surface area contributed by atoms with Crippen LogP contribution in [0.3, 0.4) is 0 Å². The van der Waals surface area contributed by atoms with Crippen LogP contribution in [0.5, 0.6) is 0 Å². The fourth-order valence-electron chi connectivity index (χ4n) is 1.36. The number of halogens is 5. The Bertz CT molecular complexity index is 554. The molecule has 1 unspecified atom stereocenters. The molecule has 2 rings (SSSR count). The second-order valence-corrected chi connectivity index (χ2v) is 5.48. The van der Waals surface area contributed by atoms with Gasteiger partial charge in [0.15, 0.2) is 0 Å². The van der Waals surface area contributed by atoms with Gasteiger partial charge in [-0.25, -0.2) is 8.78 Å². The highest BCUT2D eigenvalue weighted by Gasteiger charge is 2.21. The lowest BCUT2D eigenvalue weighted by Gasteiger charge is -2.10. The number of benzene rings is 1. The first-order valence-corrected chi connectivity index (χ1v) is 6.59. The molecule has 1 heterocycles. The Kier molecular flexibility index (Phi) is 3.93. The van der Waals surface area contributed by atoms with Crippen molar-refractivity contribution in [2.24, 2.45) is 0 Å². The van der Waals surface area contributed by atoms with E-state index in [4.69, 9.17) is 34.8 Å². The lowest BCUT2D eigenvalue weighted by atomic mass is 10.1. The van der Waals surface area contributed by atoms with Gasteiger partial charge in [0.05, 0.1) is 15.4 Å². The summed E-state index contributed by atoms with van der Waals surface area (Å²) in [7, 11) is 0. The van der Waals surface area contributed by atoms with E-state index in [-0.39, 0.29) is 10.6 Å². The molecule has 0 aliphatic rings. The molecule has 0 saturated heterocycles. The molecule has 0 nitrogen and oxygen atoms in total. The van der Waals surface area contributed by atoms with Gasteiger partial charge in [0, 0.05) is 10.4 Å². The van der Waals surface area contributed by atoms with E-state index >= 15 is 0 Å². The second kappa shape index (κ2) is 5.11. The van der Waals surface area contributed by atoms with Gasteiger partial charge < -0.3 is 0 Å². The monoisotopic (exact) mass is 312 g/mol. The van der Waals surface area contributed by atoms with Crippen LogP contribution in [0.4, 0.5) is 8.78 Å². The van der Waals surface area contributed by atoms with E-state index in [1.54, 1.807) is 11.4 Å². The first-order valence-electron chi connectivity index (χ1n) is 4.52. The minimum absolute atomic E-state index is 0.0258. The van der Waals surface area contributed by atoms with Crippen LogP contribution in [0.25, 0.3) is 0 Å². The van der Waals surface area contributed by atoms with Crippen molar-refractivity contribution in [2.75, 3.05) is 0 Å². The zero-order chi connectivity index (χ0) is 12.6. The van der Waals surface area contributed by atoms with E-state index in [0.717, 1.165) is 12.1 Å². The number of hydrogen-bond donors (Lipinski definition) is 0. The summed E-state index contributed by atoms with van der Waals surface area (Å²) in [6.07, 6.45) is 0. The Balaban J connectivity index is 2.48. The van der Waals surface area contributed by atoms with Crippen LogP contribution in [-0.4, -0.2) is 0 Å². The van der Waals surface area contributed by atoms with Crippen molar-refractivity contribution < 1.29 is 8.78 Å². The van der Waals surface area contributed by atoms with Crippen molar-refractivity contribution in [3.05, 3.63) is 55.7 Å². The molecule has 17 heavy (non-hydrogen) atoms. The Morgan fingerprint density at radius 3 is 2.35 bits per heavy atom. The molecule has 90 valence electrons. The smallest absolute Gasteiger partial charge is 0.142 e. The predicted octanol–water partition coefficient (Wildman–Crippen LogP) is 5.66. The Hall–Kier alpha value is -0.350. The van der Waals surface area contributed by atoms with Gasteiger partial charge in [0.1, 0.15) is 11.6 Å². The maximum absolute atomic E-state index is 13.6.